The van der Waals surface area contributed by atoms with Crippen LogP contribution < -0.4 is 0 Å². The summed E-state index contributed by atoms with van der Waals surface area (Å²) < 4.78 is 0. The molecule has 2 aromatic heterocycles. The molecule has 0 N–H and O–H groups in total. The summed E-state index contributed by atoms with van der Waals surface area (Å²) in [5, 5.41) is 7.86. The van der Waals surface area contributed by atoms with Crippen molar-refractivity contribution in [3.05, 3.63) is 36.9 Å². The first-order valence-electron chi connectivity index (χ1n) is 2.89. The normalized spacial score (nSPS) is 9.09. The van der Waals surface area contributed by atoms with Crippen molar-refractivity contribution in [2.45, 2.75) is 0 Å². The van der Waals surface area contributed by atoms with Gasteiger partial charge in [-0.1, -0.05) is 0 Å². The second-order valence-electron chi connectivity index (χ2n) is 1.78. The van der Waals surface area contributed by atoms with Crippen molar-refractivity contribution in [2.75, 3.05) is 0 Å². The average molecular weight is 325 g/mol. The van der Waals surface area contributed by atoms with Gasteiger partial charge in [0, 0.05) is 26.3 Å². The first kappa shape index (κ1) is 8.17. The molecule has 0 aliphatic rings. The minimum absolute atomic E-state index is 0. The molecule has 2 aromatic rings. The van der Waals surface area contributed by atoms with Crippen LogP contribution in [0.2, 0.25) is 0 Å². The van der Waals surface area contributed by atoms with E-state index in [4.69, 9.17) is 0 Å². The summed E-state index contributed by atoms with van der Waals surface area (Å²) in [4.78, 5) is 3.10. The van der Waals surface area contributed by atoms with Crippen molar-refractivity contribution in [3.8, 4) is 0 Å². The van der Waals surface area contributed by atoms with Gasteiger partial charge in [-0.3, -0.25) is 9.89 Å². The molecule has 5 heteroatoms. The molecule has 0 aromatic carbocycles. The van der Waals surface area contributed by atoms with Gasteiger partial charge in [-0.15, -0.1) is 12.4 Å². The van der Waals surface area contributed by atoms with Gasteiger partial charge in [-0.2, -0.15) is 16.0 Å². The zero-order chi connectivity index (χ0) is 6.81. The molecular formula is C6H5IrN4-. The van der Waals surface area contributed by atoms with Gasteiger partial charge in [0.05, 0.1) is 6.20 Å². The van der Waals surface area contributed by atoms with Crippen LogP contribution in [0.5, 0.6) is 0 Å². The molecule has 0 aliphatic carbocycles. The van der Waals surface area contributed by atoms with Crippen molar-refractivity contribution in [3.63, 3.8) is 0 Å². The summed E-state index contributed by atoms with van der Waals surface area (Å²) in [6, 6.07) is 3.55. The van der Waals surface area contributed by atoms with Gasteiger partial charge in [-0.05, 0) is 6.07 Å². The Bertz CT molecular complexity index is 254. The van der Waals surface area contributed by atoms with E-state index in [9.17, 15) is 0 Å². The topological polar surface area (TPSA) is 35.6 Å². The zero-order valence-electron chi connectivity index (χ0n) is 5.51. The van der Waals surface area contributed by atoms with Crippen LogP contribution >= 0.6 is 0 Å². The molecule has 59 valence electrons. The second kappa shape index (κ2) is 3.46. The number of aromatic nitrogens is 4. The monoisotopic (exact) mass is 326 g/mol. The van der Waals surface area contributed by atoms with Crippen LogP contribution in [0.1, 0.15) is 0 Å². The quantitative estimate of drug-likeness (QED) is 0.702. The van der Waals surface area contributed by atoms with E-state index in [0.29, 0.717) is 0 Å². The van der Waals surface area contributed by atoms with E-state index in [1.165, 1.54) is 4.79 Å². The predicted octanol–water partition coefficient (Wildman–Crippen LogP) is 0.189. The molecule has 0 amide bonds. The fourth-order valence-corrected chi connectivity index (χ4v) is 0.715. The Kier molecular flexibility index (Phi) is 2.57. The minimum atomic E-state index is 0. The number of hydrogen-bond donors (Lipinski definition) is 0. The Morgan fingerprint density at radius 1 is 1.18 bits per heavy atom. The number of nitrogens with zero attached hydrogens (tertiary/aromatic N) is 4. The first-order chi connectivity index (χ1) is 4.97. The van der Waals surface area contributed by atoms with E-state index >= 15 is 0 Å². The Balaban J connectivity index is 0.000000605. The van der Waals surface area contributed by atoms with Gasteiger partial charge in [-0.25, -0.2) is 0 Å². The summed E-state index contributed by atoms with van der Waals surface area (Å²) in [5.41, 5.74) is 0. The Hall–Kier alpha value is -0.931. The summed E-state index contributed by atoms with van der Waals surface area (Å²) in [6.07, 6.45) is 7.99. The predicted molar refractivity (Wildman–Crippen MR) is 34.1 cm³/mol. The van der Waals surface area contributed by atoms with Crippen molar-refractivity contribution >= 4 is 0 Å². The number of hydrogen-bond acceptors (Lipinski definition) is 2. The van der Waals surface area contributed by atoms with Crippen molar-refractivity contribution in [2.24, 2.45) is 0 Å². The van der Waals surface area contributed by atoms with Crippen LogP contribution in [-0.4, -0.2) is 19.8 Å². The molecule has 2 heterocycles. The number of rotatable bonds is 1. The van der Waals surface area contributed by atoms with Crippen LogP contribution in [-0.2, 0) is 20.1 Å². The standard InChI is InChI=1S/C6H5N4.Ir/c1-3-7-9(5-1)10-6-2-4-8-10;/h1-5H;/q-1;. The van der Waals surface area contributed by atoms with Crippen molar-refractivity contribution < 1.29 is 20.1 Å². The van der Waals surface area contributed by atoms with E-state index in [1.807, 2.05) is 6.07 Å². The largest absolute Gasteiger partial charge is 0.276 e. The van der Waals surface area contributed by atoms with E-state index in [0.717, 1.165) is 0 Å². The molecule has 2 rings (SSSR count). The molecule has 0 atom stereocenters. The molecule has 4 nitrogen and oxygen atoms in total. The third-order valence-corrected chi connectivity index (χ3v) is 1.13. The van der Waals surface area contributed by atoms with E-state index in [2.05, 4.69) is 16.4 Å². The SMILES string of the molecule is [Ir].[c-]1ccnn1-n1cccn1. The molecule has 1 radical (unpaired) electrons. The van der Waals surface area contributed by atoms with E-state index < -0.39 is 0 Å². The van der Waals surface area contributed by atoms with Crippen LogP contribution in [0, 0.1) is 6.20 Å². The fraction of sp³-hybridized carbons (Fsp3) is 0. The maximum absolute atomic E-state index is 3.94. The van der Waals surface area contributed by atoms with E-state index in [1.54, 1.807) is 29.4 Å². The molecule has 0 spiro atoms. The smallest absolute Gasteiger partial charge is 0.0510 e. The molecule has 11 heavy (non-hydrogen) atoms. The van der Waals surface area contributed by atoms with Gasteiger partial charge < -0.3 is 0 Å². The van der Waals surface area contributed by atoms with Gasteiger partial charge >= 0.3 is 0 Å². The minimum Gasteiger partial charge on any atom is -0.276 e. The maximum Gasteiger partial charge on any atom is 0.0510 e. The zero-order valence-corrected chi connectivity index (χ0v) is 7.90. The molecule has 0 saturated heterocycles. The molecule has 0 bridgehead atoms. The first-order valence-corrected chi connectivity index (χ1v) is 2.89. The fourth-order valence-electron chi connectivity index (χ4n) is 0.715. The van der Waals surface area contributed by atoms with Crippen molar-refractivity contribution in [1.29, 1.82) is 0 Å². The van der Waals surface area contributed by atoms with Gasteiger partial charge in [0.25, 0.3) is 0 Å². The van der Waals surface area contributed by atoms with Crippen LogP contribution in [0.4, 0.5) is 0 Å². The Morgan fingerprint density at radius 2 is 2.09 bits per heavy atom. The second-order valence-corrected chi connectivity index (χ2v) is 1.78. The molecule has 0 saturated carbocycles. The van der Waals surface area contributed by atoms with Crippen LogP contribution in [0.15, 0.2) is 30.7 Å². The summed E-state index contributed by atoms with van der Waals surface area (Å²) >= 11 is 0. The maximum atomic E-state index is 3.94. The third-order valence-electron chi connectivity index (χ3n) is 1.13. The van der Waals surface area contributed by atoms with Gasteiger partial charge in [0.15, 0.2) is 0 Å². The van der Waals surface area contributed by atoms with Crippen molar-refractivity contribution in [1.82, 2.24) is 19.8 Å². The Labute approximate surface area is 77.2 Å². The Morgan fingerprint density at radius 3 is 2.64 bits per heavy atom. The summed E-state index contributed by atoms with van der Waals surface area (Å²) in [5.74, 6) is 0. The molecule has 0 fully saturated rings. The van der Waals surface area contributed by atoms with Gasteiger partial charge in [0.1, 0.15) is 0 Å². The molecule has 0 aliphatic heterocycles. The third kappa shape index (κ3) is 1.56. The van der Waals surface area contributed by atoms with Crippen LogP contribution in [0.3, 0.4) is 0 Å². The summed E-state index contributed by atoms with van der Waals surface area (Å²) in [7, 11) is 0. The molecule has 0 unspecified atom stereocenters. The van der Waals surface area contributed by atoms with Crippen LogP contribution in [0.25, 0.3) is 0 Å². The molecular weight excluding hydrogens is 320 g/mol. The summed E-state index contributed by atoms with van der Waals surface area (Å²) in [6.45, 7) is 0. The van der Waals surface area contributed by atoms with Gasteiger partial charge in [0.2, 0.25) is 0 Å². The average Bonchev–Trinajstić information content (AvgIpc) is 2.59. The van der Waals surface area contributed by atoms with E-state index in [-0.39, 0.29) is 20.1 Å².